The average molecular weight is 641 g/mol. The normalized spacial score (nSPS) is 14.7. The van der Waals surface area contributed by atoms with Crippen molar-refractivity contribution in [3.8, 4) is 11.5 Å². The Morgan fingerprint density at radius 3 is 2.49 bits per heavy atom. The van der Waals surface area contributed by atoms with Crippen molar-refractivity contribution in [1.82, 2.24) is 5.32 Å². The third-order valence-corrected chi connectivity index (χ3v) is 7.15. The molecule has 190 valence electrons. The zero-order valence-electron chi connectivity index (χ0n) is 19.2. The second-order valence-corrected chi connectivity index (χ2v) is 10.2. The molecule has 1 saturated heterocycles. The van der Waals surface area contributed by atoms with Gasteiger partial charge in [0.15, 0.2) is 16.6 Å². The van der Waals surface area contributed by atoms with E-state index in [1.807, 2.05) is 19.1 Å². The van der Waals surface area contributed by atoms with Gasteiger partial charge in [-0.3, -0.25) is 19.8 Å². The molecule has 1 N–H and O–H groups in total. The summed E-state index contributed by atoms with van der Waals surface area (Å²) in [5.74, 6) is -0.366. The summed E-state index contributed by atoms with van der Waals surface area (Å²) in [6.45, 7) is 2.50. The highest BCUT2D eigenvalue weighted by molar-refractivity contribution is 9.10. The second-order valence-electron chi connectivity index (χ2n) is 7.71. The summed E-state index contributed by atoms with van der Waals surface area (Å²) < 4.78 is 12.4. The number of hydrogen-bond donors (Lipinski definition) is 1. The van der Waals surface area contributed by atoms with E-state index in [9.17, 15) is 9.59 Å². The summed E-state index contributed by atoms with van der Waals surface area (Å²) in [4.78, 5) is 27.3. The molecular weight excluding hydrogens is 623 g/mol. The molecule has 0 aromatic heterocycles. The van der Waals surface area contributed by atoms with Crippen LogP contribution in [0.5, 0.6) is 11.5 Å². The van der Waals surface area contributed by atoms with Gasteiger partial charge >= 0.3 is 0 Å². The van der Waals surface area contributed by atoms with Crippen LogP contribution in [0.1, 0.15) is 18.1 Å². The molecule has 37 heavy (non-hydrogen) atoms. The number of anilines is 1. The number of nitrogens with zero attached hydrogens (tertiary/aromatic N) is 1. The van der Waals surface area contributed by atoms with Crippen molar-refractivity contribution in [2.45, 2.75) is 13.5 Å². The molecule has 1 aliphatic rings. The number of nitrogens with one attached hydrogen (secondary N) is 1. The molecule has 0 spiro atoms. The van der Waals surface area contributed by atoms with Gasteiger partial charge in [-0.2, -0.15) is 0 Å². The fourth-order valence-corrected chi connectivity index (χ4v) is 4.87. The first-order chi connectivity index (χ1) is 17.7. The van der Waals surface area contributed by atoms with Gasteiger partial charge in [-0.05, 0) is 88.7 Å². The number of benzene rings is 3. The van der Waals surface area contributed by atoms with Crippen LogP contribution in [0.15, 0.2) is 64.6 Å². The molecule has 3 aromatic carbocycles. The zero-order valence-corrected chi connectivity index (χ0v) is 23.9. The summed E-state index contributed by atoms with van der Waals surface area (Å²) in [5, 5.41) is 3.45. The van der Waals surface area contributed by atoms with Gasteiger partial charge in [0, 0.05) is 5.02 Å². The van der Waals surface area contributed by atoms with E-state index in [-0.39, 0.29) is 33.0 Å². The summed E-state index contributed by atoms with van der Waals surface area (Å²) in [6.07, 6.45) is 1.45. The molecule has 1 aliphatic heterocycles. The SMILES string of the molecule is CCOc1cc(/C=C2\C(=O)NC(=S)N(c3cccc(Cl)c3Cl)C2=O)cc(Br)c1OCc1ccc(Cl)cc1. The Hall–Kier alpha value is -2.62. The number of rotatable bonds is 7. The summed E-state index contributed by atoms with van der Waals surface area (Å²) in [7, 11) is 0. The van der Waals surface area contributed by atoms with Crippen LogP contribution in [-0.2, 0) is 16.2 Å². The van der Waals surface area contributed by atoms with Crippen molar-refractivity contribution in [1.29, 1.82) is 0 Å². The van der Waals surface area contributed by atoms with E-state index in [1.54, 1.807) is 42.5 Å². The van der Waals surface area contributed by atoms with Crippen LogP contribution in [-0.4, -0.2) is 23.5 Å². The fourth-order valence-electron chi connectivity index (χ4n) is 3.52. The Morgan fingerprint density at radius 2 is 1.78 bits per heavy atom. The minimum absolute atomic E-state index is 0.0987. The van der Waals surface area contributed by atoms with E-state index >= 15 is 0 Å². The van der Waals surface area contributed by atoms with E-state index in [2.05, 4.69) is 21.2 Å². The molecule has 3 aromatic rings. The number of hydrogen-bond acceptors (Lipinski definition) is 5. The van der Waals surface area contributed by atoms with Crippen molar-refractivity contribution < 1.29 is 19.1 Å². The first-order valence-electron chi connectivity index (χ1n) is 10.9. The molecule has 4 rings (SSSR count). The molecule has 1 fully saturated rings. The van der Waals surface area contributed by atoms with Gasteiger partial charge in [-0.1, -0.05) is 53.0 Å². The van der Waals surface area contributed by atoms with Crippen LogP contribution in [0, 0.1) is 0 Å². The first-order valence-corrected chi connectivity index (χ1v) is 13.2. The largest absolute Gasteiger partial charge is 0.490 e. The lowest BCUT2D eigenvalue weighted by Gasteiger charge is -2.29. The molecule has 0 saturated carbocycles. The summed E-state index contributed by atoms with van der Waals surface area (Å²) in [5.41, 5.74) is 1.56. The number of carbonyl (C=O) groups excluding carboxylic acids is 2. The lowest BCUT2D eigenvalue weighted by atomic mass is 10.1. The van der Waals surface area contributed by atoms with Crippen molar-refractivity contribution in [2.24, 2.45) is 0 Å². The summed E-state index contributed by atoms with van der Waals surface area (Å²) >= 11 is 27.2. The quantitative estimate of drug-likeness (QED) is 0.168. The van der Waals surface area contributed by atoms with Crippen LogP contribution in [0.4, 0.5) is 5.69 Å². The van der Waals surface area contributed by atoms with Gasteiger partial charge in [-0.25, -0.2) is 0 Å². The van der Waals surface area contributed by atoms with Crippen molar-refractivity contribution in [3.63, 3.8) is 0 Å². The minimum atomic E-state index is -0.643. The van der Waals surface area contributed by atoms with E-state index in [1.165, 1.54) is 6.08 Å². The Kier molecular flexibility index (Phi) is 8.77. The van der Waals surface area contributed by atoms with Crippen LogP contribution >= 0.6 is 63.0 Å². The Balaban J connectivity index is 1.67. The highest BCUT2D eigenvalue weighted by Gasteiger charge is 2.35. The van der Waals surface area contributed by atoms with Crippen molar-refractivity contribution in [2.75, 3.05) is 11.5 Å². The van der Waals surface area contributed by atoms with Crippen LogP contribution in [0.25, 0.3) is 6.08 Å². The molecule has 6 nitrogen and oxygen atoms in total. The third kappa shape index (κ3) is 6.10. The second kappa shape index (κ2) is 11.8. The first kappa shape index (κ1) is 27.4. The number of ether oxygens (including phenoxy) is 2. The molecule has 0 unspecified atom stereocenters. The topological polar surface area (TPSA) is 67.9 Å². The zero-order chi connectivity index (χ0) is 26.7. The fraction of sp³-hybridized carbons (Fsp3) is 0.115. The van der Waals surface area contributed by atoms with Gasteiger partial charge in [0.05, 0.1) is 26.8 Å². The molecule has 0 radical (unpaired) electrons. The minimum Gasteiger partial charge on any atom is -0.490 e. The Labute approximate surface area is 242 Å². The maximum atomic E-state index is 13.4. The van der Waals surface area contributed by atoms with Gasteiger partial charge in [0.25, 0.3) is 11.8 Å². The molecule has 1 heterocycles. The maximum absolute atomic E-state index is 13.4. The predicted molar refractivity (Wildman–Crippen MR) is 154 cm³/mol. The molecule has 0 atom stereocenters. The lowest BCUT2D eigenvalue weighted by Crippen LogP contribution is -2.54. The van der Waals surface area contributed by atoms with E-state index in [4.69, 9.17) is 56.5 Å². The Morgan fingerprint density at radius 1 is 1.05 bits per heavy atom. The molecule has 11 heteroatoms. The average Bonchev–Trinajstić information content (AvgIpc) is 2.85. The molecule has 0 aliphatic carbocycles. The lowest BCUT2D eigenvalue weighted by molar-refractivity contribution is -0.122. The monoisotopic (exact) mass is 638 g/mol. The highest BCUT2D eigenvalue weighted by Crippen LogP contribution is 2.39. The van der Waals surface area contributed by atoms with Crippen LogP contribution < -0.4 is 19.7 Å². The van der Waals surface area contributed by atoms with Gasteiger partial charge in [0.2, 0.25) is 0 Å². The highest BCUT2D eigenvalue weighted by atomic mass is 79.9. The number of carbonyl (C=O) groups is 2. The van der Waals surface area contributed by atoms with Gasteiger partial charge in [-0.15, -0.1) is 0 Å². The smallest absolute Gasteiger partial charge is 0.270 e. The maximum Gasteiger partial charge on any atom is 0.270 e. The van der Waals surface area contributed by atoms with Gasteiger partial charge in [0.1, 0.15) is 12.2 Å². The van der Waals surface area contributed by atoms with E-state index in [0.717, 1.165) is 10.5 Å². The number of halogens is 4. The molecular formula is C26H18BrCl3N2O4S. The number of thiocarbonyl (C=S) groups is 1. The molecule has 0 bridgehead atoms. The van der Waals surface area contributed by atoms with E-state index in [0.29, 0.717) is 33.2 Å². The van der Waals surface area contributed by atoms with E-state index < -0.39 is 11.8 Å². The summed E-state index contributed by atoms with van der Waals surface area (Å²) in [6, 6.07) is 15.5. The van der Waals surface area contributed by atoms with Gasteiger partial charge < -0.3 is 9.47 Å². The predicted octanol–water partition coefficient (Wildman–Crippen LogP) is 7.22. The van der Waals surface area contributed by atoms with Crippen LogP contribution in [0.2, 0.25) is 15.1 Å². The third-order valence-electron chi connectivity index (χ3n) is 5.21. The number of amides is 2. The van der Waals surface area contributed by atoms with Crippen LogP contribution in [0.3, 0.4) is 0 Å². The standard InChI is InChI=1S/C26H18BrCl3N2O4S/c1-2-35-21-12-15(11-18(27)23(21)36-13-14-6-8-16(28)9-7-14)10-17-24(33)31-26(37)32(25(17)34)20-5-3-4-19(29)22(20)30/h3-12H,2,13H2,1H3,(H,31,33,37)/b17-10+. The van der Waals surface area contributed by atoms with Crippen molar-refractivity contribution >= 4 is 91.6 Å². The Bertz CT molecular complexity index is 1430. The molecule has 2 amide bonds. The van der Waals surface area contributed by atoms with Crippen molar-refractivity contribution in [3.05, 3.63) is 90.8 Å².